The number of aromatic nitrogens is 1. The van der Waals surface area contributed by atoms with Crippen molar-refractivity contribution >= 4 is 11.7 Å². The summed E-state index contributed by atoms with van der Waals surface area (Å²) in [7, 11) is 0. The van der Waals surface area contributed by atoms with Gasteiger partial charge >= 0.3 is 11.8 Å². The fraction of sp³-hybridized carbons (Fsp3) is 0.400. The van der Waals surface area contributed by atoms with Crippen molar-refractivity contribution in [3.8, 4) is 5.75 Å². The van der Waals surface area contributed by atoms with Crippen molar-refractivity contribution < 1.29 is 19.4 Å². The van der Waals surface area contributed by atoms with Crippen LogP contribution in [0.15, 0.2) is 54.9 Å². The molecule has 2 aromatic rings. The molecule has 1 atom stereocenters. The Morgan fingerprint density at radius 2 is 1.85 bits per heavy atom. The number of benzene rings is 1. The molecule has 0 spiro atoms. The molecule has 1 fully saturated rings. The van der Waals surface area contributed by atoms with Crippen molar-refractivity contribution in [3.63, 3.8) is 0 Å². The van der Waals surface area contributed by atoms with Gasteiger partial charge in [0.15, 0.2) is 0 Å². The Morgan fingerprint density at radius 3 is 2.42 bits per heavy atom. The van der Waals surface area contributed by atoms with Crippen molar-refractivity contribution in [2.45, 2.75) is 25.6 Å². The number of aliphatic carboxylic acids is 1. The van der Waals surface area contributed by atoms with Gasteiger partial charge in [0.2, 0.25) is 0 Å². The van der Waals surface area contributed by atoms with Crippen LogP contribution in [0.3, 0.4) is 0 Å². The van der Waals surface area contributed by atoms with E-state index in [1.165, 1.54) is 0 Å². The van der Waals surface area contributed by atoms with Crippen LogP contribution in [-0.2, 0) is 9.53 Å². The summed E-state index contributed by atoms with van der Waals surface area (Å²) in [6.07, 6.45) is 4.87. The second-order valence-electron chi connectivity index (χ2n) is 6.29. The maximum absolute atomic E-state index is 12.2. The molecule has 1 N–H and O–H groups in total. The highest BCUT2D eigenvalue weighted by atomic mass is 16.7. The van der Waals surface area contributed by atoms with Crippen LogP contribution in [0, 0.1) is 5.92 Å². The first-order valence-corrected chi connectivity index (χ1v) is 8.92. The molecular weight excluding hydrogens is 332 g/mol. The molecule has 0 aliphatic carbocycles. The van der Waals surface area contributed by atoms with Crippen molar-refractivity contribution in [3.05, 3.63) is 54.9 Å². The van der Waals surface area contributed by atoms with Gasteiger partial charge < -0.3 is 19.5 Å². The van der Waals surface area contributed by atoms with E-state index < -0.39 is 11.8 Å². The lowest BCUT2D eigenvalue weighted by atomic mass is 9.87. The predicted octanol–water partition coefficient (Wildman–Crippen LogP) is 3.19. The minimum absolute atomic E-state index is 0.238. The Bertz CT molecular complexity index is 702. The number of rotatable bonds is 7. The first kappa shape index (κ1) is 18.2. The van der Waals surface area contributed by atoms with Gasteiger partial charge in [-0.05, 0) is 44.0 Å². The summed E-state index contributed by atoms with van der Waals surface area (Å²) in [5, 5.41) is 9.98. The summed E-state index contributed by atoms with van der Waals surface area (Å²) in [6.45, 7) is 3.55. The van der Waals surface area contributed by atoms with E-state index in [0.29, 0.717) is 18.6 Å². The van der Waals surface area contributed by atoms with E-state index >= 15 is 0 Å². The van der Waals surface area contributed by atoms with E-state index in [-0.39, 0.29) is 12.5 Å². The molecular formula is C20H24N2O4. The van der Waals surface area contributed by atoms with E-state index in [4.69, 9.17) is 9.47 Å². The Labute approximate surface area is 153 Å². The zero-order valence-corrected chi connectivity index (χ0v) is 14.9. The van der Waals surface area contributed by atoms with Gasteiger partial charge in [-0.3, -0.25) is 4.98 Å². The normalized spacial score (nSPS) is 17.5. The second kappa shape index (κ2) is 8.19. The zero-order valence-electron chi connectivity index (χ0n) is 14.9. The van der Waals surface area contributed by atoms with Crippen LogP contribution in [-0.4, -0.2) is 41.5 Å². The van der Waals surface area contributed by atoms with Crippen LogP contribution >= 0.6 is 0 Å². The molecule has 2 heterocycles. The molecule has 0 amide bonds. The molecule has 1 aliphatic rings. The maximum atomic E-state index is 12.2. The van der Waals surface area contributed by atoms with Gasteiger partial charge in [0.25, 0.3) is 0 Å². The van der Waals surface area contributed by atoms with E-state index in [0.717, 1.165) is 18.8 Å². The largest absolute Gasteiger partial charge is 0.476 e. The summed E-state index contributed by atoms with van der Waals surface area (Å²) in [5.74, 6) is -2.48. The Balaban J connectivity index is 1.78. The van der Waals surface area contributed by atoms with E-state index in [2.05, 4.69) is 9.88 Å². The average molecular weight is 356 g/mol. The number of hydrogen-bond donors (Lipinski definition) is 1. The first-order valence-electron chi connectivity index (χ1n) is 8.92. The molecule has 3 rings (SSSR count). The lowest BCUT2D eigenvalue weighted by Gasteiger charge is -2.41. The molecule has 1 saturated heterocycles. The van der Waals surface area contributed by atoms with Gasteiger partial charge in [0, 0.05) is 43.7 Å². The fourth-order valence-corrected chi connectivity index (χ4v) is 3.46. The average Bonchev–Trinajstić information content (AvgIpc) is 2.69. The third-order valence-electron chi connectivity index (χ3n) is 4.73. The minimum atomic E-state index is -1.67. The number of anilines is 1. The van der Waals surface area contributed by atoms with Crippen LogP contribution in [0.25, 0.3) is 0 Å². The summed E-state index contributed by atoms with van der Waals surface area (Å²) in [4.78, 5) is 18.5. The lowest BCUT2D eigenvalue weighted by molar-refractivity contribution is -0.232. The molecule has 1 aliphatic heterocycles. The standard InChI is InChI=1S/C20H24N2O4/c1-2-25-20(19(23)24,26-18-6-4-3-5-7-18)16-10-14-22(15-11-16)17-8-12-21-13-9-17/h3-9,12-13,16H,2,10-11,14-15H2,1H3,(H,23,24). The van der Waals surface area contributed by atoms with Crippen molar-refractivity contribution in [1.82, 2.24) is 4.98 Å². The molecule has 1 unspecified atom stereocenters. The maximum Gasteiger partial charge on any atom is 0.377 e. The van der Waals surface area contributed by atoms with Gasteiger partial charge in [-0.25, -0.2) is 4.79 Å². The number of nitrogens with zero attached hydrogens (tertiary/aromatic N) is 2. The van der Waals surface area contributed by atoms with E-state index in [9.17, 15) is 9.90 Å². The SMILES string of the molecule is CCOC(Oc1ccccc1)(C(=O)O)C1CCN(c2ccncc2)CC1. The fourth-order valence-electron chi connectivity index (χ4n) is 3.46. The number of ether oxygens (including phenoxy) is 2. The Hall–Kier alpha value is -2.60. The van der Waals surface area contributed by atoms with Crippen LogP contribution in [0.1, 0.15) is 19.8 Å². The molecule has 1 aromatic carbocycles. The molecule has 0 bridgehead atoms. The number of hydrogen-bond acceptors (Lipinski definition) is 5. The molecule has 6 heteroatoms. The predicted molar refractivity (Wildman–Crippen MR) is 98.2 cm³/mol. The van der Waals surface area contributed by atoms with Gasteiger partial charge in [0.1, 0.15) is 5.75 Å². The van der Waals surface area contributed by atoms with Gasteiger partial charge in [-0.1, -0.05) is 18.2 Å². The van der Waals surface area contributed by atoms with Gasteiger partial charge in [-0.2, -0.15) is 0 Å². The Morgan fingerprint density at radius 1 is 1.19 bits per heavy atom. The quantitative estimate of drug-likeness (QED) is 0.768. The molecule has 0 radical (unpaired) electrons. The second-order valence-corrected chi connectivity index (χ2v) is 6.29. The summed E-state index contributed by atoms with van der Waals surface area (Å²) >= 11 is 0. The Kier molecular flexibility index (Phi) is 5.73. The number of pyridine rings is 1. The van der Waals surface area contributed by atoms with E-state index in [1.807, 2.05) is 30.3 Å². The molecule has 0 saturated carbocycles. The van der Waals surface area contributed by atoms with Crippen LogP contribution < -0.4 is 9.64 Å². The minimum Gasteiger partial charge on any atom is -0.476 e. The number of carboxylic acid groups (broad SMARTS) is 1. The van der Waals surface area contributed by atoms with Crippen LogP contribution in [0.4, 0.5) is 5.69 Å². The number of para-hydroxylation sites is 1. The zero-order chi connectivity index (χ0) is 18.4. The highest BCUT2D eigenvalue weighted by molar-refractivity contribution is 5.76. The summed E-state index contributed by atoms with van der Waals surface area (Å²) in [5.41, 5.74) is 1.10. The first-order chi connectivity index (χ1) is 12.7. The van der Waals surface area contributed by atoms with Crippen LogP contribution in [0.5, 0.6) is 5.75 Å². The smallest absolute Gasteiger partial charge is 0.377 e. The third kappa shape index (κ3) is 3.80. The molecule has 6 nitrogen and oxygen atoms in total. The summed E-state index contributed by atoms with van der Waals surface area (Å²) in [6, 6.07) is 12.9. The molecule has 26 heavy (non-hydrogen) atoms. The van der Waals surface area contributed by atoms with Crippen LogP contribution in [0.2, 0.25) is 0 Å². The van der Waals surface area contributed by atoms with E-state index in [1.54, 1.807) is 31.5 Å². The lowest BCUT2D eigenvalue weighted by Crippen LogP contribution is -2.56. The molecule has 138 valence electrons. The van der Waals surface area contributed by atoms with Gasteiger partial charge in [-0.15, -0.1) is 0 Å². The van der Waals surface area contributed by atoms with Crippen molar-refractivity contribution in [2.24, 2.45) is 5.92 Å². The number of carbonyl (C=O) groups is 1. The number of carboxylic acids is 1. The third-order valence-corrected chi connectivity index (χ3v) is 4.73. The van der Waals surface area contributed by atoms with Crippen molar-refractivity contribution in [2.75, 3.05) is 24.6 Å². The number of piperidine rings is 1. The highest BCUT2D eigenvalue weighted by Gasteiger charge is 2.51. The topological polar surface area (TPSA) is 71.9 Å². The monoisotopic (exact) mass is 356 g/mol. The highest BCUT2D eigenvalue weighted by Crippen LogP contribution is 2.35. The molecule has 1 aromatic heterocycles. The van der Waals surface area contributed by atoms with Gasteiger partial charge in [0.05, 0.1) is 0 Å². The van der Waals surface area contributed by atoms with Crippen molar-refractivity contribution in [1.29, 1.82) is 0 Å². The summed E-state index contributed by atoms with van der Waals surface area (Å²) < 4.78 is 11.7.